The van der Waals surface area contributed by atoms with Gasteiger partial charge in [-0.1, -0.05) is 15.9 Å². The Labute approximate surface area is 128 Å². The predicted octanol–water partition coefficient (Wildman–Crippen LogP) is 1.66. The first-order chi connectivity index (χ1) is 9.86. The topological polar surface area (TPSA) is 87.4 Å². The van der Waals surface area contributed by atoms with Crippen LogP contribution in [0.25, 0.3) is 5.69 Å². The van der Waals surface area contributed by atoms with Crippen LogP contribution < -0.4 is 11.2 Å². The van der Waals surface area contributed by atoms with Gasteiger partial charge in [-0.25, -0.2) is 9.36 Å². The zero-order valence-electron chi connectivity index (χ0n) is 11.8. The van der Waals surface area contributed by atoms with Gasteiger partial charge in [0, 0.05) is 17.7 Å². The van der Waals surface area contributed by atoms with Crippen molar-refractivity contribution < 1.29 is 5.11 Å². The number of hydrogen-bond donors (Lipinski definition) is 2. The number of aromatic hydroxyl groups is 1. The molecule has 0 aliphatic carbocycles. The highest BCUT2D eigenvalue weighted by Gasteiger charge is 2.16. The zero-order chi connectivity index (χ0) is 15.7. The fourth-order valence-corrected chi connectivity index (χ4v) is 2.47. The van der Waals surface area contributed by atoms with Gasteiger partial charge in [-0.15, -0.1) is 0 Å². The second kappa shape index (κ2) is 5.69. The summed E-state index contributed by atoms with van der Waals surface area (Å²) in [7, 11) is 1.48. The molecule has 0 atom stereocenters. The summed E-state index contributed by atoms with van der Waals surface area (Å²) >= 11 is 3.41. The minimum atomic E-state index is -0.699. The van der Waals surface area contributed by atoms with Crippen molar-refractivity contribution in [2.45, 2.75) is 13.8 Å². The van der Waals surface area contributed by atoms with Crippen molar-refractivity contribution >= 4 is 22.1 Å². The molecule has 1 aromatic heterocycles. The van der Waals surface area contributed by atoms with Crippen LogP contribution in [-0.4, -0.2) is 27.9 Å². The lowest BCUT2D eigenvalue weighted by molar-refractivity contribution is 0.430. The summed E-state index contributed by atoms with van der Waals surface area (Å²) in [5.41, 5.74) is 0.744. The van der Waals surface area contributed by atoms with Gasteiger partial charge in [0.25, 0.3) is 5.56 Å². The summed E-state index contributed by atoms with van der Waals surface area (Å²) in [6.45, 7) is 3.68. The highest BCUT2D eigenvalue weighted by molar-refractivity contribution is 9.10. The summed E-state index contributed by atoms with van der Waals surface area (Å²) in [4.78, 5) is 29.7. The van der Waals surface area contributed by atoms with Gasteiger partial charge in [-0.3, -0.25) is 14.8 Å². The van der Waals surface area contributed by atoms with E-state index in [-0.39, 0.29) is 5.56 Å². The number of aromatic nitrogens is 2. The number of nitrogens with one attached hydrogen (secondary N) is 1. The van der Waals surface area contributed by atoms with Crippen LogP contribution in [0.15, 0.2) is 31.2 Å². The molecule has 0 unspecified atom stereocenters. The number of aryl methyl sites for hydroxylation is 2. The molecule has 0 saturated carbocycles. The third-order valence-corrected chi connectivity index (χ3v) is 3.95. The maximum Gasteiger partial charge on any atom is 0.335 e. The van der Waals surface area contributed by atoms with Gasteiger partial charge in [0.1, 0.15) is 5.56 Å². The molecular formula is C14H14BrN3O3. The van der Waals surface area contributed by atoms with Crippen LogP contribution in [0.1, 0.15) is 16.7 Å². The SMILES string of the molecule is CN=Cc1c(O)n(-c2cc(C)c(Br)cc2C)c(=O)[nH]c1=O. The van der Waals surface area contributed by atoms with Crippen molar-refractivity contribution in [3.63, 3.8) is 0 Å². The molecule has 0 aliphatic heterocycles. The Kier molecular flexibility index (Phi) is 4.13. The maximum absolute atomic E-state index is 12.1. The lowest BCUT2D eigenvalue weighted by atomic mass is 10.1. The van der Waals surface area contributed by atoms with E-state index < -0.39 is 17.1 Å². The lowest BCUT2D eigenvalue weighted by Crippen LogP contribution is -2.31. The fraction of sp³-hybridized carbons (Fsp3) is 0.214. The van der Waals surface area contributed by atoms with Gasteiger partial charge in [-0.05, 0) is 37.1 Å². The standard InChI is InChI=1S/C14H14BrN3O3/c1-7-5-11(8(2)4-10(7)15)18-13(20)9(6-16-3)12(19)17-14(18)21/h4-6,20H,1-3H3,(H,17,19,21). The molecule has 6 nitrogen and oxygen atoms in total. The normalized spacial score (nSPS) is 11.2. The molecular weight excluding hydrogens is 338 g/mol. The van der Waals surface area contributed by atoms with Gasteiger partial charge in [0.15, 0.2) is 0 Å². The smallest absolute Gasteiger partial charge is 0.335 e. The van der Waals surface area contributed by atoms with Gasteiger partial charge in [0.05, 0.1) is 5.69 Å². The monoisotopic (exact) mass is 351 g/mol. The van der Waals surface area contributed by atoms with E-state index in [0.29, 0.717) is 5.69 Å². The summed E-state index contributed by atoms with van der Waals surface area (Å²) < 4.78 is 1.96. The molecule has 0 bridgehead atoms. The number of hydrogen-bond acceptors (Lipinski definition) is 4. The second-order valence-corrected chi connectivity index (χ2v) is 5.46. The van der Waals surface area contributed by atoms with Crippen molar-refractivity contribution in [1.29, 1.82) is 0 Å². The van der Waals surface area contributed by atoms with Crippen molar-refractivity contribution in [3.8, 4) is 11.6 Å². The fourth-order valence-electron chi connectivity index (χ4n) is 2.01. The van der Waals surface area contributed by atoms with E-state index >= 15 is 0 Å². The largest absolute Gasteiger partial charge is 0.493 e. The third-order valence-electron chi connectivity index (χ3n) is 3.10. The number of benzene rings is 1. The van der Waals surface area contributed by atoms with Crippen LogP contribution in [0.5, 0.6) is 5.88 Å². The molecule has 2 aromatic rings. The molecule has 0 radical (unpaired) electrons. The van der Waals surface area contributed by atoms with Crippen LogP contribution in [0.2, 0.25) is 0 Å². The molecule has 0 saturated heterocycles. The molecule has 110 valence electrons. The first-order valence-electron chi connectivity index (χ1n) is 6.14. The molecule has 0 amide bonds. The quantitative estimate of drug-likeness (QED) is 0.806. The molecule has 21 heavy (non-hydrogen) atoms. The van der Waals surface area contributed by atoms with E-state index in [1.54, 1.807) is 6.07 Å². The van der Waals surface area contributed by atoms with Crippen molar-refractivity contribution in [1.82, 2.24) is 9.55 Å². The summed E-state index contributed by atoms with van der Waals surface area (Å²) in [6.07, 6.45) is 1.21. The van der Waals surface area contributed by atoms with Crippen molar-refractivity contribution in [3.05, 3.63) is 54.1 Å². The van der Waals surface area contributed by atoms with Gasteiger partial charge >= 0.3 is 5.69 Å². The van der Waals surface area contributed by atoms with Crippen LogP contribution in [-0.2, 0) is 0 Å². The second-order valence-electron chi connectivity index (χ2n) is 4.61. The molecule has 7 heteroatoms. The number of rotatable bonds is 2. The van der Waals surface area contributed by atoms with E-state index in [4.69, 9.17) is 0 Å². The molecule has 1 aromatic carbocycles. The number of aromatic amines is 1. The zero-order valence-corrected chi connectivity index (χ0v) is 13.4. The molecule has 0 spiro atoms. The van der Waals surface area contributed by atoms with Gasteiger partial charge < -0.3 is 5.11 Å². The van der Waals surface area contributed by atoms with Gasteiger partial charge in [0.2, 0.25) is 5.88 Å². The molecule has 0 fully saturated rings. The number of halogens is 1. The Balaban J connectivity index is 2.88. The van der Waals surface area contributed by atoms with Crippen molar-refractivity contribution in [2.24, 2.45) is 4.99 Å². The Bertz CT molecular complexity index is 850. The Morgan fingerprint density at radius 2 is 1.95 bits per heavy atom. The minimum Gasteiger partial charge on any atom is -0.493 e. The van der Waals surface area contributed by atoms with E-state index in [2.05, 4.69) is 25.9 Å². The average Bonchev–Trinajstić information content (AvgIpc) is 2.40. The average molecular weight is 352 g/mol. The summed E-state index contributed by atoms with van der Waals surface area (Å²) in [6, 6.07) is 3.60. The lowest BCUT2D eigenvalue weighted by Gasteiger charge is -2.13. The number of H-pyrrole nitrogens is 1. The summed E-state index contributed by atoms with van der Waals surface area (Å²) in [5.74, 6) is -0.431. The number of aliphatic imine (C=N–C) groups is 1. The van der Waals surface area contributed by atoms with Gasteiger partial charge in [-0.2, -0.15) is 0 Å². The Morgan fingerprint density at radius 1 is 1.29 bits per heavy atom. The molecule has 1 heterocycles. The minimum absolute atomic E-state index is 0.0583. The molecule has 0 aliphatic rings. The molecule has 2 rings (SSSR count). The first-order valence-corrected chi connectivity index (χ1v) is 6.93. The van der Waals surface area contributed by atoms with Crippen LogP contribution in [0, 0.1) is 13.8 Å². The highest BCUT2D eigenvalue weighted by Crippen LogP contribution is 2.25. The van der Waals surface area contributed by atoms with E-state index in [0.717, 1.165) is 20.2 Å². The maximum atomic E-state index is 12.1. The highest BCUT2D eigenvalue weighted by atomic mass is 79.9. The molecule has 2 N–H and O–H groups in total. The van der Waals surface area contributed by atoms with Crippen LogP contribution in [0.4, 0.5) is 0 Å². The van der Waals surface area contributed by atoms with Crippen molar-refractivity contribution in [2.75, 3.05) is 7.05 Å². The predicted molar refractivity (Wildman–Crippen MR) is 85.0 cm³/mol. The number of nitrogens with zero attached hydrogens (tertiary/aromatic N) is 2. The Hall–Kier alpha value is -2.15. The Morgan fingerprint density at radius 3 is 2.57 bits per heavy atom. The van der Waals surface area contributed by atoms with Crippen LogP contribution in [0.3, 0.4) is 0 Å². The van der Waals surface area contributed by atoms with Crippen LogP contribution >= 0.6 is 15.9 Å². The van der Waals surface area contributed by atoms with E-state index in [1.165, 1.54) is 13.3 Å². The van der Waals surface area contributed by atoms with E-state index in [1.807, 2.05) is 19.9 Å². The third kappa shape index (κ3) is 2.69. The first kappa shape index (κ1) is 15.2. The summed E-state index contributed by atoms with van der Waals surface area (Å²) in [5, 5.41) is 10.3. The van der Waals surface area contributed by atoms with E-state index in [9.17, 15) is 14.7 Å².